The minimum absolute atomic E-state index is 0.0645. The molecule has 0 unspecified atom stereocenters. The van der Waals surface area contributed by atoms with Gasteiger partial charge < -0.3 is 20.0 Å². The second kappa shape index (κ2) is 7.47. The number of carbonyl (C=O) groups excluding carboxylic acids is 1. The number of ether oxygens (including phenoxy) is 1. The van der Waals surface area contributed by atoms with E-state index in [0.717, 1.165) is 20.9 Å². The number of hydrogen-bond acceptors (Lipinski definition) is 8. The molecule has 0 bridgehead atoms. The Morgan fingerprint density at radius 3 is 2.78 bits per heavy atom. The van der Waals surface area contributed by atoms with Crippen molar-refractivity contribution in [3.8, 4) is 16.3 Å². The van der Waals surface area contributed by atoms with Gasteiger partial charge in [-0.25, -0.2) is 4.79 Å². The quantitative estimate of drug-likeness (QED) is 0.580. The highest BCUT2D eigenvalue weighted by molar-refractivity contribution is 7.98. The smallest absolute Gasteiger partial charge is 0.411 e. The fourth-order valence-electron chi connectivity index (χ4n) is 2.38. The summed E-state index contributed by atoms with van der Waals surface area (Å²) < 4.78 is 10.8. The molecule has 136 valence electrons. The van der Waals surface area contributed by atoms with Crippen LogP contribution in [0.1, 0.15) is 0 Å². The molecule has 10 heteroatoms. The molecule has 1 aliphatic rings. The lowest BCUT2D eigenvalue weighted by Gasteiger charge is -2.11. The van der Waals surface area contributed by atoms with Crippen molar-refractivity contribution in [2.75, 3.05) is 5.32 Å². The number of halogens is 1. The molecule has 0 aliphatic carbocycles. The zero-order valence-corrected chi connectivity index (χ0v) is 15.9. The van der Waals surface area contributed by atoms with Gasteiger partial charge in [-0.05, 0) is 35.9 Å². The van der Waals surface area contributed by atoms with Crippen molar-refractivity contribution in [3.63, 3.8) is 0 Å². The highest BCUT2D eigenvalue weighted by Gasteiger charge is 2.18. The van der Waals surface area contributed by atoms with Crippen LogP contribution in [0, 0.1) is 0 Å². The third kappa shape index (κ3) is 3.85. The van der Waals surface area contributed by atoms with Gasteiger partial charge >= 0.3 is 6.09 Å². The number of thiophene rings is 1. The van der Waals surface area contributed by atoms with Gasteiger partial charge in [0.15, 0.2) is 5.82 Å². The molecule has 1 amide bonds. The van der Waals surface area contributed by atoms with Crippen LogP contribution in [0.3, 0.4) is 0 Å². The van der Waals surface area contributed by atoms with Crippen molar-refractivity contribution in [2.45, 2.75) is 0 Å². The van der Waals surface area contributed by atoms with Crippen molar-refractivity contribution in [2.24, 2.45) is 5.73 Å². The number of primary amides is 1. The lowest BCUT2D eigenvalue weighted by atomic mass is 10.2. The Morgan fingerprint density at radius 1 is 1.26 bits per heavy atom. The molecule has 7 nitrogen and oxygen atoms in total. The Morgan fingerprint density at radius 2 is 2.07 bits per heavy atom. The van der Waals surface area contributed by atoms with Crippen molar-refractivity contribution in [3.05, 3.63) is 58.8 Å². The van der Waals surface area contributed by atoms with Gasteiger partial charge in [-0.1, -0.05) is 23.7 Å². The topological polar surface area (TPSA) is 99.4 Å². The number of aromatic nitrogens is 2. The summed E-state index contributed by atoms with van der Waals surface area (Å²) in [7, 11) is 0. The zero-order chi connectivity index (χ0) is 18.8. The number of nitrogens with two attached hydrogens (primary N) is 1. The molecule has 1 aromatic carbocycles. The van der Waals surface area contributed by atoms with E-state index in [-0.39, 0.29) is 5.88 Å². The second-order valence-electron chi connectivity index (χ2n) is 5.30. The number of fused-ring (bicyclic) bond motifs is 1. The van der Waals surface area contributed by atoms with E-state index in [1.54, 1.807) is 12.3 Å². The van der Waals surface area contributed by atoms with Crippen LogP contribution in [-0.2, 0) is 4.18 Å². The third-order valence-corrected chi connectivity index (χ3v) is 5.56. The Labute approximate surface area is 167 Å². The standard InChI is InChI=1S/C17H11ClN4O3S2/c18-10-5-3-9(4-6-10)12-8-11-14(26-12)16(25-17(19)23)22-21-15(11)20-13-2-1-7-24-27-13/h1-8H,(H2,19,23)(H,20,21). The fraction of sp³-hybridized carbons (Fsp3) is 0. The molecule has 0 spiro atoms. The molecular weight excluding hydrogens is 408 g/mol. The SMILES string of the molecule is NC(=O)Oc1nnc(NC2=CC=COS2)c2cc(-c3ccc(Cl)cc3)sc12. The Hall–Kier alpha value is -2.75. The predicted molar refractivity (Wildman–Crippen MR) is 108 cm³/mol. The lowest BCUT2D eigenvalue weighted by Crippen LogP contribution is -2.17. The molecule has 0 saturated carbocycles. The molecule has 3 N–H and O–H groups in total. The van der Waals surface area contributed by atoms with E-state index in [9.17, 15) is 4.79 Å². The van der Waals surface area contributed by atoms with Gasteiger partial charge in [0, 0.05) is 15.3 Å². The van der Waals surface area contributed by atoms with E-state index in [1.807, 2.05) is 36.4 Å². The molecule has 1 aliphatic heterocycles. The van der Waals surface area contributed by atoms with Crippen molar-refractivity contribution < 1.29 is 13.7 Å². The van der Waals surface area contributed by atoms with Crippen LogP contribution in [0.5, 0.6) is 5.88 Å². The van der Waals surface area contributed by atoms with Crippen LogP contribution in [0.25, 0.3) is 20.5 Å². The van der Waals surface area contributed by atoms with Gasteiger partial charge in [0.05, 0.1) is 0 Å². The van der Waals surface area contributed by atoms with Crippen LogP contribution in [0.2, 0.25) is 5.02 Å². The van der Waals surface area contributed by atoms with Crippen LogP contribution in [0.4, 0.5) is 10.6 Å². The maximum absolute atomic E-state index is 11.2. The average Bonchev–Trinajstić information content (AvgIpc) is 3.11. The predicted octanol–water partition coefficient (Wildman–Crippen LogP) is 4.91. The van der Waals surface area contributed by atoms with Gasteiger partial charge in [0.2, 0.25) is 0 Å². The molecule has 3 aromatic rings. The van der Waals surface area contributed by atoms with E-state index in [0.29, 0.717) is 15.5 Å². The second-order valence-corrected chi connectivity index (χ2v) is 7.59. The molecule has 27 heavy (non-hydrogen) atoms. The highest BCUT2D eigenvalue weighted by Crippen LogP contribution is 2.41. The summed E-state index contributed by atoms with van der Waals surface area (Å²) in [6.07, 6.45) is 4.24. The minimum Gasteiger partial charge on any atom is -0.427 e. The van der Waals surface area contributed by atoms with Gasteiger partial charge in [0.1, 0.15) is 28.0 Å². The molecule has 4 rings (SSSR count). The van der Waals surface area contributed by atoms with Gasteiger partial charge in [0.25, 0.3) is 5.88 Å². The maximum atomic E-state index is 11.2. The summed E-state index contributed by atoms with van der Waals surface area (Å²) in [5.41, 5.74) is 6.11. The van der Waals surface area contributed by atoms with Crippen molar-refractivity contribution >= 4 is 57.0 Å². The molecule has 2 aromatic heterocycles. The van der Waals surface area contributed by atoms with Gasteiger partial charge in [-0.3, -0.25) is 0 Å². The molecule has 0 saturated heterocycles. The summed E-state index contributed by atoms with van der Waals surface area (Å²) in [6, 6.07) is 9.39. The number of carbonyl (C=O) groups is 1. The third-order valence-electron chi connectivity index (χ3n) is 3.51. The largest absolute Gasteiger partial charge is 0.427 e. The zero-order valence-electron chi connectivity index (χ0n) is 13.5. The first-order valence-electron chi connectivity index (χ1n) is 7.61. The van der Waals surface area contributed by atoms with E-state index in [1.165, 1.54) is 23.4 Å². The molecule has 3 heterocycles. The van der Waals surface area contributed by atoms with Crippen LogP contribution in [0.15, 0.2) is 53.8 Å². The Balaban J connectivity index is 1.81. The van der Waals surface area contributed by atoms with E-state index in [4.69, 9.17) is 26.3 Å². The van der Waals surface area contributed by atoms with Gasteiger partial charge in [-0.15, -0.1) is 21.5 Å². The van der Waals surface area contributed by atoms with E-state index in [2.05, 4.69) is 15.5 Å². The number of hydrogen-bond donors (Lipinski definition) is 2. The minimum atomic E-state index is -0.947. The summed E-state index contributed by atoms with van der Waals surface area (Å²) in [5, 5.41) is 13.4. The first kappa shape index (κ1) is 17.7. The van der Waals surface area contributed by atoms with Gasteiger partial charge in [-0.2, -0.15) is 0 Å². The van der Waals surface area contributed by atoms with E-state index < -0.39 is 6.09 Å². The molecular formula is C17H11ClN4O3S2. The van der Waals surface area contributed by atoms with E-state index >= 15 is 0 Å². The number of anilines is 1. The Kier molecular flexibility index (Phi) is 4.88. The number of rotatable bonds is 4. The summed E-state index contributed by atoms with van der Waals surface area (Å²) in [6.45, 7) is 0. The Bertz CT molecular complexity index is 1080. The van der Waals surface area contributed by atoms with Crippen molar-refractivity contribution in [1.82, 2.24) is 10.2 Å². The maximum Gasteiger partial charge on any atom is 0.411 e. The summed E-state index contributed by atoms with van der Waals surface area (Å²) >= 11 is 8.55. The van der Waals surface area contributed by atoms with Crippen LogP contribution >= 0.6 is 35.0 Å². The highest BCUT2D eigenvalue weighted by atomic mass is 35.5. The number of nitrogens with zero attached hydrogens (tertiary/aromatic N) is 2. The lowest BCUT2D eigenvalue weighted by molar-refractivity contribution is 0.209. The fourth-order valence-corrected chi connectivity index (χ4v) is 4.08. The molecule has 0 atom stereocenters. The monoisotopic (exact) mass is 418 g/mol. The first-order valence-corrected chi connectivity index (χ1v) is 9.54. The normalized spacial score (nSPS) is 13.1. The summed E-state index contributed by atoms with van der Waals surface area (Å²) in [5.74, 6) is 0.575. The first-order chi connectivity index (χ1) is 13.1. The molecule has 0 fully saturated rings. The summed E-state index contributed by atoms with van der Waals surface area (Å²) in [4.78, 5) is 12.1. The number of benzene rings is 1. The number of allylic oxidation sites excluding steroid dienone is 2. The number of amides is 1. The van der Waals surface area contributed by atoms with Crippen molar-refractivity contribution in [1.29, 1.82) is 0 Å². The van der Waals surface area contributed by atoms with Crippen LogP contribution in [-0.4, -0.2) is 16.3 Å². The average molecular weight is 419 g/mol. The molecule has 0 radical (unpaired) electrons. The number of nitrogens with one attached hydrogen (secondary N) is 1. The van der Waals surface area contributed by atoms with Crippen LogP contribution < -0.4 is 15.8 Å².